The first kappa shape index (κ1) is 15.3. The topological polar surface area (TPSA) is 99.8 Å². The Bertz CT molecular complexity index is 752. The Morgan fingerprint density at radius 3 is 2.83 bits per heavy atom. The highest BCUT2D eigenvalue weighted by atomic mass is 16.5. The first-order chi connectivity index (χ1) is 11.7. The molecule has 4 rings (SSSR count). The molecule has 8 heteroatoms. The lowest BCUT2D eigenvalue weighted by atomic mass is 9.95. The van der Waals surface area contributed by atoms with Gasteiger partial charge in [-0.15, -0.1) is 0 Å². The highest BCUT2D eigenvalue weighted by Gasteiger charge is 2.40. The molecule has 8 nitrogen and oxygen atoms in total. The third-order valence-electron chi connectivity index (χ3n) is 5.03. The molecule has 1 amide bonds. The van der Waals surface area contributed by atoms with Crippen molar-refractivity contribution in [3.63, 3.8) is 0 Å². The molecular weight excluding hydrogens is 308 g/mol. The van der Waals surface area contributed by atoms with E-state index in [0.717, 1.165) is 42.8 Å². The summed E-state index contributed by atoms with van der Waals surface area (Å²) in [5.74, 6) is 1.33. The second-order valence-electron chi connectivity index (χ2n) is 6.58. The Balaban J connectivity index is 1.65. The van der Waals surface area contributed by atoms with Gasteiger partial charge >= 0.3 is 0 Å². The Morgan fingerprint density at radius 1 is 1.25 bits per heavy atom. The van der Waals surface area contributed by atoms with Crippen LogP contribution >= 0.6 is 0 Å². The van der Waals surface area contributed by atoms with Crippen molar-refractivity contribution in [1.82, 2.24) is 30.3 Å². The van der Waals surface area contributed by atoms with Crippen molar-refractivity contribution in [2.24, 2.45) is 0 Å². The number of rotatable bonds is 3. The van der Waals surface area contributed by atoms with E-state index in [2.05, 4.69) is 25.4 Å². The molecule has 2 aliphatic rings. The van der Waals surface area contributed by atoms with E-state index in [0.29, 0.717) is 24.5 Å². The number of aromatic amines is 2. The van der Waals surface area contributed by atoms with Crippen LogP contribution in [-0.4, -0.2) is 55.9 Å². The summed E-state index contributed by atoms with van der Waals surface area (Å²) in [6, 6.07) is -0.177. The fraction of sp³-hybridized carbons (Fsp3) is 0.625. The summed E-state index contributed by atoms with van der Waals surface area (Å²) in [6.45, 7) is 2.39. The summed E-state index contributed by atoms with van der Waals surface area (Å²) in [5.41, 5.74) is 2.74. The van der Waals surface area contributed by atoms with Crippen molar-refractivity contribution >= 4 is 5.91 Å². The molecule has 2 atom stereocenters. The van der Waals surface area contributed by atoms with E-state index in [1.54, 1.807) is 7.11 Å². The van der Waals surface area contributed by atoms with Crippen LogP contribution in [0.1, 0.15) is 58.7 Å². The maximum absolute atomic E-state index is 13.2. The van der Waals surface area contributed by atoms with Crippen LogP contribution in [0.5, 0.6) is 0 Å². The van der Waals surface area contributed by atoms with Gasteiger partial charge in [0, 0.05) is 31.3 Å². The van der Waals surface area contributed by atoms with Crippen molar-refractivity contribution in [3.8, 4) is 0 Å². The standard InChI is InChI=1S/C16H22N6O2/c1-9-17-15(21-18-9)13-7-10(24-2)8-22(13)16(23)14-11-5-3-4-6-12(11)19-20-14/h10,13H,3-8H2,1-2H3,(H,19,20)(H,17,18,21)/t10-,13+/m1/s1. The molecule has 0 aromatic carbocycles. The SMILES string of the molecule is CO[C@@H]1C[C@@H](c2n[nH]c(C)n2)N(C(=O)c2n[nH]c3c2CCCC3)C1. The van der Waals surface area contributed by atoms with Crippen LogP contribution in [0.4, 0.5) is 0 Å². The molecule has 1 fully saturated rings. The van der Waals surface area contributed by atoms with Gasteiger partial charge in [-0.3, -0.25) is 15.0 Å². The zero-order chi connectivity index (χ0) is 16.7. The fourth-order valence-corrected chi connectivity index (χ4v) is 3.74. The predicted octanol–water partition coefficient (Wildman–Crippen LogP) is 1.32. The van der Waals surface area contributed by atoms with Crippen LogP contribution in [0.2, 0.25) is 0 Å². The van der Waals surface area contributed by atoms with Crippen LogP contribution in [0.3, 0.4) is 0 Å². The number of hydrogen-bond donors (Lipinski definition) is 2. The molecule has 0 radical (unpaired) electrons. The highest BCUT2D eigenvalue weighted by Crippen LogP contribution is 2.34. The number of aromatic nitrogens is 5. The molecule has 3 heterocycles. The molecule has 128 valence electrons. The molecule has 0 unspecified atom stereocenters. The number of amides is 1. The van der Waals surface area contributed by atoms with Crippen molar-refractivity contribution in [3.05, 3.63) is 28.6 Å². The van der Waals surface area contributed by atoms with Crippen molar-refractivity contribution in [2.45, 2.75) is 51.2 Å². The maximum atomic E-state index is 13.2. The first-order valence-corrected chi connectivity index (χ1v) is 8.46. The Morgan fingerprint density at radius 2 is 2.08 bits per heavy atom. The van der Waals surface area contributed by atoms with Crippen molar-refractivity contribution in [1.29, 1.82) is 0 Å². The third kappa shape index (κ3) is 2.50. The number of carbonyl (C=O) groups excluding carboxylic acids is 1. The zero-order valence-electron chi connectivity index (χ0n) is 14.0. The second kappa shape index (κ2) is 6.01. The molecule has 1 aliphatic carbocycles. The van der Waals surface area contributed by atoms with E-state index in [9.17, 15) is 4.79 Å². The fourth-order valence-electron chi connectivity index (χ4n) is 3.74. The minimum Gasteiger partial charge on any atom is -0.380 e. The molecule has 2 aromatic heterocycles. The molecule has 1 saturated heterocycles. The van der Waals surface area contributed by atoms with Crippen LogP contribution in [0.15, 0.2) is 0 Å². The van der Waals surface area contributed by atoms with Gasteiger partial charge in [0.1, 0.15) is 5.82 Å². The summed E-state index contributed by atoms with van der Waals surface area (Å²) in [4.78, 5) is 19.4. The quantitative estimate of drug-likeness (QED) is 0.884. The van der Waals surface area contributed by atoms with E-state index in [-0.39, 0.29) is 18.1 Å². The number of nitrogens with one attached hydrogen (secondary N) is 2. The number of hydrogen-bond acceptors (Lipinski definition) is 5. The summed E-state index contributed by atoms with van der Waals surface area (Å²) < 4.78 is 5.49. The van der Waals surface area contributed by atoms with Gasteiger partial charge in [0.2, 0.25) is 0 Å². The van der Waals surface area contributed by atoms with E-state index < -0.39 is 0 Å². The monoisotopic (exact) mass is 330 g/mol. The van der Waals surface area contributed by atoms with Gasteiger partial charge in [0.15, 0.2) is 11.5 Å². The van der Waals surface area contributed by atoms with Crippen LogP contribution in [-0.2, 0) is 17.6 Å². The van der Waals surface area contributed by atoms with E-state index >= 15 is 0 Å². The smallest absolute Gasteiger partial charge is 0.275 e. The number of H-pyrrole nitrogens is 2. The number of fused-ring (bicyclic) bond motifs is 1. The van der Waals surface area contributed by atoms with Gasteiger partial charge in [0.05, 0.1) is 12.1 Å². The van der Waals surface area contributed by atoms with Gasteiger partial charge in [-0.25, -0.2) is 4.98 Å². The Hall–Kier alpha value is -2.22. The molecule has 0 bridgehead atoms. The summed E-state index contributed by atoms with van der Waals surface area (Å²) in [6.07, 6.45) is 4.84. The third-order valence-corrected chi connectivity index (χ3v) is 5.03. The molecule has 0 spiro atoms. The van der Waals surface area contributed by atoms with Gasteiger partial charge in [-0.05, 0) is 32.6 Å². The van der Waals surface area contributed by atoms with Gasteiger partial charge in [0.25, 0.3) is 5.91 Å². The van der Waals surface area contributed by atoms with Crippen molar-refractivity contribution in [2.75, 3.05) is 13.7 Å². The van der Waals surface area contributed by atoms with E-state index in [1.807, 2.05) is 11.8 Å². The second-order valence-corrected chi connectivity index (χ2v) is 6.58. The maximum Gasteiger partial charge on any atom is 0.275 e. The van der Waals surface area contributed by atoms with Gasteiger partial charge in [-0.1, -0.05) is 0 Å². The average Bonchev–Trinajstić information content (AvgIpc) is 3.31. The van der Waals surface area contributed by atoms with Crippen LogP contribution in [0, 0.1) is 6.92 Å². The van der Waals surface area contributed by atoms with Gasteiger partial charge < -0.3 is 9.64 Å². The van der Waals surface area contributed by atoms with Crippen molar-refractivity contribution < 1.29 is 9.53 Å². The predicted molar refractivity (Wildman–Crippen MR) is 85.5 cm³/mol. The highest BCUT2D eigenvalue weighted by molar-refractivity contribution is 5.94. The largest absolute Gasteiger partial charge is 0.380 e. The number of aryl methyl sites for hydroxylation is 2. The summed E-state index contributed by atoms with van der Waals surface area (Å²) in [5, 5.41) is 14.5. The molecule has 2 aromatic rings. The van der Waals surface area contributed by atoms with Crippen LogP contribution < -0.4 is 0 Å². The molecule has 1 aliphatic heterocycles. The zero-order valence-corrected chi connectivity index (χ0v) is 14.0. The lowest BCUT2D eigenvalue weighted by Gasteiger charge is -2.22. The van der Waals surface area contributed by atoms with E-state index in [4.69, 9.17) is 4.74 Å². The van der Waals surface area contributed by atoms with Gasteiger partial charge in [-0.2, -0.15) is 10.2 Å². The van der Waals surface area contributed by atoms with Crippen LogP contribution in [0.25, 0.3) is 0 Å². The summed E-state index contributed by atoms with van der Waals surface area (Å²) in [7, 11) is 1.68. The normalized spacial score (nSPS) is 23.5. The summed E-state index contributed by atoms with van der Waals surface area (Å²) >= 11 is 0. The average molecular weight is 330 g/mol. The number of methoxy groups -OCH3 is 1. The molecule has 0 saturated carbocycles. The lowest BCUT2D eigenvalue weighted by molar-refractivity contribution is 0.0677. The Labute approximate surface area is 140 Å². The number of carbonyl (C=O) groups is 1. The number of ether oxygens (including phenoxy) is 1. The first-order valence-electron chi connectivity index (χ1n) is 8.46. The number of nitrogens with zero attached hydrogens (tertiary/aromatic N) is 4. The minimum atomic E-state index is -0.177. The lowest BCUT2D eigenvalue weighted by Crippen LogP contribution is -2.33. The molecular formula is C16H22N6O2. The number of likely N-dealkylation sites (tertiary alicyclic amines) is 1. The molecule has 24 heavy (non-hydrogen) atoms. The minimum absolute atomic E-state index is 0.00692. The Kier molecular flexibility index (Phi) is 3.84. The molecule has 2 N–H and O–H groups in total. The van der Waals surface area contributed by atoms with E-state index in [1.165, 1.54) is 0 Å².